The Kier molecular flexibility index (Phi) is 3.84. The first-order valence-corrected chi connectivity index (χ1v) is 6.26. The highest BCUT2D eigenvalue weighted by Gasteiger charge is 2.23. The smallest absolute Gasteiger partial charge is 0.194 e. The fourth-order valence-electron chi connectivity index (χ4n) is 1.40. The van der Waals surface area contributed by atoms with Gasteiger partial charge in [0.2, 0.25) is 0 Å². The summed E-state index contributed by atoms with van der Waals surface area (Å²) >= 11 is 6.17. The molecule has 2 nitrogen and oxygen atoms in total. The van der Waals surface area contributed by atoms with Gasteiger partial charge in [-0.05, 0) is 50.1 Å². The van der Waals surface area contributed by atoms with Gasteiger partial charge in [-0.25, -0.2) is 13.2 Å². The number of benzene rings is 1. The van der Waals surface area contributed by atoms with Crippen LogP contribution in [0.3, 0.4) is 0 Å². The van der Waals surface area contributed by atoms with E-state index in [1.54, 1.807) is 0 Å². The lowest BCUT2D eigenvalue weighted by molar-refractivity contribution is 0.181. The molecule has 18 heavy (non-hydrogen) atoms. The molecule has 0 spiro atoms. The second-order valence-electron chi connectivity index (χ2n) is 3.44. The summed E-state index contributed by atoms with van der Waals surface area (Å²) in [6, 6.07) is 3.10. The minimum absolute atomic E-state index is 0.00124. The molecule has 2 aromatic rings. The minimum atomic E-state index is -1.63. The van der Waals surface area contributed by atoms with Crippen molar-refractivity contribution in [3.8, 4) is 0 Å². The second kappa shape index (κ2) is 5.07. The SMILES string of the molecule is OC(c1cc(Br)c(Br)o1)c1ccc(F)c(F)c1F. The first-order chi connectivity index (χ1) is 8.41. The first-order valence-electron chi connectivity index (χ1n) is 4.68. The van der Waals surface area contributed by atoms with Crippen LogP contribution in [0.1, 0.15) is 17.4 Å². The molecular formula is C11H5Br2F3O2. The van der Waals surface area contributed by atoms with Gasteiger partial charge >= 0.3 is 0 Å². The quantitative estimate of drug-likeness (QED) is 0.781. The Hall–Kier alpha value is -0.790. The van der Waals surface area contributed by atoms with Gasteiger partial charge in [-0.15, -0.1) is 0 Å². The van der Waals surface area contributed by atoms with Crippen LogP contribution >= 0.6 is 31.9 Å². The topological polar surface area (TPSA) is 33.4 Å². The van der Waals surface area contributed by atoms with Crippen LogP contribution < -0.4 is 0 Å². The van der Waals surface area contributed by atoms with Crippen LogP contribution in [-0.4, -0.2) is 5.11 Å². The zero-order valence-electron chi connectivity index (χ0n) is 8.55. The number of hydrogen-bond donors (Lipinski definition) is 1. The summed E-state index contributed by atoms with van der Waals surface area (Å²) in [5, 5.41) is 9.86. The van der Waals surface area contributed by atoms with E-state index in [1.165, 1.54) is 6.07 Å². The van der Waals surface area contributed by atoms with Crippen molar-refractivity contribution in [1.29, 1.82) is 0 Å². The maximum Gasteiger partial charge on any atom is 0.194 e. The van der Waals surface area contributed by atoms with Gasteiger partial charge in [0, 0.05) is 5.56 Å². The van der Waals surface area contributed by atoms with Crippen molar-refractivity contribution in [2.45, 2.75) is 6.10 Å². The predicted octanol–water partition coefficient (Wildman–Crippen LogP) is 4.30. The lowest BCUT2D eigenvalue weighted by Gasteiger charge is -2.09. The summed E-state index contributed by atoms with van der Waals surface area (Å²) in [4.78, 5) is 0. The van der Waals surface area contributed by atoms with Crippen LogP contribution in [0.4, 0.5) is 13.2 Å². The van der Waals surface area contributed by atoms with E-state index < -0.39 is 29.1 Å². The number of rotatable bonds is 2. The summed E-state index contributed by atoms with van der Waals surface area (Å²) in [6.07, 6.45) is -1.53. The summed E-state index contributed by atoms with van der Waals surface area (Å²) < 4.78 is 45.2. The van der Waals surface area contributed by atoms with Gasteiger partial charge in [0.05, 0.1) is 4.47 Å². The van der Waals surface area contributed by atoms with Crippen molar-refractivity contribution in [2.75, 3.05) is 0 Å². The van der Waals surface area contributed by atoms with Gasteiger partial charge in [-0.3, -0.25) is 0 Å². The third-order valence-corrected chi connectivity index (χ3v) is 4.00. The van der Waals surface area contributed by atoms with E-state index in [0.717, 1.165) is 12.1 Å². The standard InChI is InChI=1S/C11H5Br2F3O2/c12-5-3-7(18-11(5)13)10(17)4-1-2-6(14)9(16)8(4)15/h1-3,10,17H. The Morgan fingerprint density at radius 3 is 2.33 bits per heavy atom. The third-order valence-electron chi connectivity index (χ3n) is 2.29. The van der Waals surface area contributed by atoms with Crippen molar-refractivity contribution in [3.05, 3.63) is 56.1 Å². The van der Waals surface area contributed by atoms with Gasteiger partial charge in [-0.2, -0.15) is 0 Å². The van der Waals surface area contributed by atoms with Crippen LogP contribution in [0, 0.1) is 17.5 Å². The molecule has 96 valence electrons. The fraction of sp³-hybridized carbons (Fsp3) is 0.0909. The molecule has 0 aliphatic rings. The molecule has 2 rings (SSSR count). The van der Waals surface area contributed by atoms with Crippen molar-refractivity contribution in [3.63, 3.8) is 0 Å². The van der Waals surface area contributed by atoms with Crippen molar-refractivity contribution >= 4 is 31.9 Å². The zero-order chi connectivity index (χ0) is 13.4. The van der Waals surface area contributed by atoms with E-state index in [-0.39, 0.29) is 5.76 Å². The third kappa shape index (κ3) is 2.34. The molecule has 1 N–H and O–H groups in total. The van der Waals surface area contributed by atoms with Crippen LogP contribution in [0.25, 0.3) is 0 Å². The molecule has 1 unspecified atom stereocenters. The summed E-state index contributed by atoms with van der Waals surface area (Å²) in [5.74, 6) is -4.38. The van der Waals surface area contributed by atoms with Crippen molar-refractivity contribution in [1.82, 2.24) is 0 Å². The normalized spacial score (nSPS) is 12.8. The Balaban J connectivity index is 2.46. The number of halogens is 5. The largest absolute Gasteiger partial charge is 0.450 e. The van der Waals surface area contributed by atoms with Crippen LogP contribution in [-0.2, 0) is 0 Å². The average Bonchev–Trinajstić information content (AvgIpc) is 2.66. The molecule has 7 heteroatoms. The maximum absolute atomic E-state index is 13.5. The van der Waals surface area contributed by atoms with E-state index in [1.807, 2.05) is 0 Å². The van der Waals surface area contributed by atoms with Crippen molar-refractivity contribution < 1.29 is 22.7 Å². The minimum Gasteiger partial charge on any atom is -0.450 e. The number of furan rings is 1. The summed E-state index contributed by atoms with van der Waals surface area (Å²) in [5.41, 5.74) is -0.400. The Morgan fingerprint density at radius 1 is 1.11 bits per heavy atom. The van der Waals surface area contributed by atoms with Gasteiger partial charge in [0.1, 0.15) is 11.9 Å². The second-order valence-corrected chi connectivity index (χ2v) is 5.01. The Bertz CT molecular complexity index is 579. The van der Waals surface area contributed by atoms with E-state index in [0.29, 0.717) is 9.14 Å². The maximum atomic E-state index is 13.5. The first kappa shape index (κ1) is 13.6. The molecule has 0 aliphatic heterocycles. The van der Waals surface area contributed by atoms with E-state index in [2.05, 4.69) is 31.9 Å². The molecule has 1 aromatic heterocycles. The number of aliphatic hydroxyl groups excluding tert-OH is 1. The lowest BCUT2D eigenvalue weighted by atomic mass is 10.1. The summed E-state index contributed by atoms with van der Waals surface area (Å²) in [7, 11) is 0. The highest BCUT2D eigenvalue weighted by Crippen LogP contribution is 2.33. The van der Waals surface area contributed by atoms with Crippen LogP contribution in [0.2, 0.25) is 0 Å². The molecule has 0 aliphatic carbocycles. The van der Waals surface area contributed by atoms with Gasteiger partial charge < -0.3 is 9.52 Å². The zero-order valence-corrected chi connectivity index (χ0v) is 11.7. The Labute approximate surface area is 117 Å². The molecule has 1 aromatic carbocycles. The molecule has 0 fully saturated rings. The molecule has 0 radical (unpaired) electrons. The molecule has 0 saturated heterocycles. The molecule has 1 atom stereocenters. The highest BCUT2D eigenvalue weighted by molar-refractivity contribution is 9.13. The van der Waals surface area contributed by atoms with E-state index >= 15 is 0 Å². The molecule has 0 amide bonds. The number of hydrogen-bond acceptors (Lipinski definition) is 2. The summed E-state index contributed by atoms with van der Waals surface area (Å²) in [6.45, 7) is 0. The Morgan fingerprint density at radius 2 is 1.78 bits per heavy atom. The highest BCUT2D eigenvalue weighted by atomic mass is 79.9. The average molecular weight is 386 g/mol. The fourth-order valence-corrected chi connectivity index (χ4v) is 2.01. The van der Waals surface area contributed by atoms with Crippen LogP contribution in [0.15, 0.2) is 31.8 Å². The predicted molar refractivity (Wildman–Crippen MR) is 64.5 cm³/mol. The number of aliphatic hydroxyl groups is 1. The monoisotopic (exact) mass is 384 g/mol. The van der Waals surface area contributed by atoms with Gasteiger partial charge in [0.15, 0.2) is 22.1 Å². The molecule has 1 heterocycles. The molecule has 0 bridgehead atoms. The van der Waals surface area contributed by atoms with Crippen LogP contribution in [0.5, 0.6) is 0 Å². The van der Waals surface area contributed by atoms with Gasteiger partial charge in [0.25, 0.3) is 0 Å². The molecule has 0 saturated carbocycles. The van der Waals surface area contributed by atoms with E-state index in [4.69, 9.17) is 4.42 Å². The van der Waals surface area contributed by atoms with Crippen molar-refractivity contribution in [2.24, 2.45) is 0 Å². The lowest BCUT2D eigenvalue weighted by Crippen LogP contribution is -2.04. The van der Waals surface area contributed by atoms with E-state index in [9.17, 15) is 18.3 Å². The molecular weight excluding hydrogens is 381 g/mol. The van der Waals surface area contributed by atoms with Gasteiger partial charge in [-0.1, -0.05) is 0 Å².